The molecular weight excluding hydrogens is 208 g/mol. The quantitative estimate of drug-likeness (QED) is 0.704. The minimum Gasteiger partial charge on any atom is -0.378 e. The van der Waals surface area contributed by atoms with Crippen molar-refractivity contribution in [1.82, 2.24) is 9.88 Å². The molecule has 1 saturated heterocycles. The van der Waals surface area contributed by atoms with E-state index in [0.717, 1.165) is 37.7 Å². The Bertz CT molecular complexity index is 323. The van der Waals surface area contributed by atoms with Crippen molar-refractivity contribution >= 4 is 17.2 Å². The Morgan fingerprint density at radius 1 is 1.33 bits per heavy atom. The van der Waals surface area contributed by atoms with E-state index in [1.54, 1.807) is 12.4 Å². The average molecular weight is 222 g/mol. The van der Waals surface area contributed by atoms with Crippen LogP contribution >= 0.6 is 12.2 Å². The normalized spacial score (nSPS) is 16.4. The summed E-state index contributed by atoms with van der Waals surface area (Å²) in [5.41, 5.74) is 1.22. The third-order valence-corrected chi connectivity index (χ3v) is 2.87. The molecule has 0 radical (unpaired) electrons. The Balaban J connectivity index is 1.91. The molecule has 1 aromatic heterocycles. The fourth-order valence-electron chi connectivity index (χ4n) is 1.60. The predicted molar refractivity (Wildman–Crippen MR) is 62.9 cm³/mol. The van der Waals surface area contributed by atoms with Gasteiger partial charge in [-0.2, -0.15) is 0 Å². The molecule has 0 amide bonds. The molecular formula is C11H14N2OS. The van der Waals surface area contributed by atoms with Crippen molar-refractivity contribution < 1.29 is 4.74 Å². The van der Waals surface area contributed by atoms with Crippen LogP contribution in [0, 0.1) is 0 Å². The lowest BCUT2D eigenvalue weighted by molar-refractivity contribution is 0.0684. The molecule has 1 aromatic rings. The Hall–Kier alpha value is -1.00. The number of rotatable bonds is 2. The van der Waals surface area contributed by atoms with Crippen molar-refractivity contribution in [3.8, 4) is 0 Å². The summed E-state index contributed by atoms with van der Waals surface area (Å²) in [6.45, 7) is 3.42. The Labute approximate surface area is 95.1 Å². The van der Waals surface area contributed by atoms with Crippen LogP contribution in [0.25, 0.3) is 0 Å². The zero-order valence-corrected chi connectivity index (χ0v) is 9.37. The number of ether oxygens (including phenoxy) is 1. The van der Waals surface area contributed by atoms with Gasteiger partial charge in [0.15, 0.2) is 0 Å². The van der Waals surface area contributed by atoms with Gasteiger partial charge in [-0.25, -0.2) is 0 Å². The maximum Gasteiger partial charge on any atom is 0.0825 e. The van der Waals surface area contributed by atoms with Crippen LogP contribution in [-0.4, -0.2) is 41.2 Å². The number of morpholine rings is 1. The third kappa shape index (κ3) is 2.97. The van der Waals surface area contributed by atoms with E-state index in [2.05, 4.69) is 9.88 Å². The van der Waals surface area contributed by atoms with Gasteiger partial charge in [-0.1, -0.05) is 12.2 Å². The number of nitrogens with zero attached hydrogens (tertiary/aromatic N) is 2. The molecule has 0 spiro atoms. The van der Waals surface area contributed by atoms with Crippen LogP contribution < -0.4 is 0 Å². The number of hydrogen-bond donors (Lipinski definition) is 0. The van der Waals surface area contributed by atoms with Gasteiger partial charge in [0, 0.05) is 31.9 Å². The van der Waals surface area contributed by atoms with Crippen molar-refractivity contribution in [1.29, 1.82) is 0 Å². The molecule has 80 valence electrons. The Kier molecular flexibility index (Phi) is 3.64. The van der Waals surface area contributed by atoms with E-state index in [-0.39, 0.29) is 0 Å². The monoisotopic (exact) mass is 222 g/mol. The van der Waals surface area contributed by atoms with Gasteiger partial charge in [0.25, 0.3) is 0 Å². The van der Waals surface area contributed by atoms with Gasteiger partial charge in [0.1, 0.15) is 0 Å². The summed E-state index contributed by atoms with van der Waals surface area (Å²) < 4.78 is 5.29. The second-order valence-corrected chi connectivity index (χ2v) is 4.00. The molecule has 0 bridgehead atoms. The van der Waals surface area contributed by atoms with Crippen molar-refractivity contribution in [2.75, 3.05) is 26.3 Å². The number of aromatic nitrogens is 1. The highest BCUT2D eigenvalue weighted by Gasteiger charge is 2.13. The molecule has 2 heterocycles. The van der Waals surface area contributed by atoms with Crippen LogP contribution in [0.4, 0.5) is 0 Å². The lowest BCUT2D eigenvalue weighted by atomic mass is 10.2. The summed E-state index contributed by atoms with van der Waals surface area (Å²) in [6.07, 6.45) is 4.44. The van der Waals surface area contributed by atoms with Crippen molar-refractivity contribution in [3.05, 3.63) is 30.1 Å². The topological polar surface area (TPSA) is 25.4 Å². The van der Waals surface area contributed by atoms with Crippen LogP contribution in [0.1, 0.15) is 5.56 Å². The number of pyridine rings is 1. The Morgan fingerprint density at radius 2 is 2.00 bits per heavy atom. The van der Waals surface area contributed by atoms with E-state index in [0.29, 0.717) is 0 Å². The summed E-state index contributed by atoms with van der Waals surface area (Å²) >= 11 is 5.41. The number of thiocarbonyl (C=S) groups is 1. The molecule has 1 aliphatic rings. The fourth-order valence-corrected chi connectivity index (χ4v) is 1.95. The van der Waals surface area contributed by atoms with Gasteiger partial charge in [-0.15, -0.1) is 0 Å². The zero-order valence-electron chi connectivity index (χ0n) is 8.56. The minimum atomic E-state index is 0.788. The van der Waals surface area contributed by atoms with E-state index in [4.69, 9.17) is 17.0 Å². The van der Waals surface area contributed by atoms with Crippen molar-refractivity contribution in [3.63, 3.8) is 0 Å². The summed E-state index contributed by atoms with van der Waals surface area (Å²) in [5, 5.41) is 0. The molecule has 0 unspecified atom stereocenters. The van der Waals surface area contributed by atoms with Gasteiger partial charge in [0.05, 0.1) is 18.2 Å². The average Bonchev–Trinajstić information content (AvgIpc) is 2.31. The van der Waals surface area contributed by atoms with E-state index < -0.39 is 0 Å². The largest absolute Gasteiger partial charge is 0.378 e. The highest BCUT2D eigenvalue weighted by atomic mass is 32.1. The van der Waals surface area contributed by atoms with Gasteiger partial charge in [-0.3, -0.25) is 4.98 Å². The molecule has 0 N–H and O–H groups in total. The molecule has 0 aliphatic carbocycles. The van der Waals surface area contributed by atoms with Crippen LogP contribution in [0.2, 0.25) is 0 Å². The molecule has 0 saturated carbocycles. The van der Waals surface area contributed by atoms with E-state index in [1.807, 2.05) is 12.1 Å². The molecule has 2 rings (SSSR count). The summed E-state index contributed by atoms with van der Waals surface area (Å²) in [4.78, 5) is 7.21. The molecule has 15 heavy (non-hydrogen) atoms. The second-order valence-electron chi connectivity index (χ2n) is 3.53. The minimum absolute atomic E-state index is 0.788. The van der Waals surface area contributed by atoms with Crippen LogP contribution in [-0.2, 0) is 11.2 Å². The zero-order chi connectivity index (χ0) is 10.5. The van der Waals surface area contributed by atoms with Crippen LogP contribution in [0.15, 0.2) is 24.5 Å². The first-order valence-corrected chi connectivity index (χ1v) is 5.51. The smallest absolute Gasteiger partial charge is 0.0825 e. The van der Waals surface area contributed by atoms with Crippen LogP contribution in [0.3, 0.4) is 0 Å². The molecule has 3 nitrogen and oxygen atoms in total. The van der Waals surface area contributed by atoms with Gasteiger partial charge < -0.3 is 9.64 Å². The molecule has 0 aromatic carbocycles. The van der Waals surface area contributed by atoms with E-state index in [1.165, 1.54) is 5.56 Å². The molecule has 1 aliphatic heterocycles. The SMILES string of the molecule is S=C(Cc1ccncc1)N1CCOCC1. The lowest BCUT2D eigenvalue weighted by Crippen LogP contribution is -2.40. The molecule has 4 heteroatoms. The molecule has 0 atom stereocenters. The Morgan fingerprint density at radius 3 is 2.67 bits per heavy atom. The first-order valence-electron chi connectivity index (χ1n) is 5.11. The maximum atomic E-state index is 5.41. The van der Waals surface area contributed by atoms with Crippen molar-refractivity contribution in [2.45, 2.75) is 6.42 Å². The summed E-state index contributed by atoms with van der Waals surface area (Å²) in [5.74, 6) is 0. The third-order valence-electron chi connectivity index (χ3n) is 2.47. The van der Waals surface area contributed by atoms with Crippen LogP contribution in [0.5, 0.6) is 0 Å². The first kappa shape index (κ1) is 10.5. The maximum absolute atomic E-state index is 5.41. The highest BCUT2D eigenvalue weighted by Crippen LogP contribution is 2.05. The van der Waals surface area contributed by atoms with Gasteiger partial charge >= 0.3 is 0 Å². The summed E-state index contributed by atoms with van der Waals surface area (Å²) in [7, 11) is 0. The summed E-state index contributed by atoms with van der Waals surface area (Å²) in [6, 6.07) is 4.01. The fraction of sp³-hybridized carbons (Fsp3) is 0.455. The first-order chi connectivity index (χ1) is 7.36. The van der Waals surface area contributed by atoms with E-state index in [9.17, 15) is 0 Å². The van der Waals surface area contributed by atoms with Gasteiger partial charge in [0.2, 0.25) is 0 Å². The van der Waals surface area contributed by atoms with Gasteiger partial charge in [-0.05, 0) is 17.7 Å². The predicted octanol–water partition coefficient (Wildman–Crippen LogP) is 1.28. The molecule has 1 fully saturated rings. The second kappa shape index (κ2) is 5.19. The standard InChI is InChI=1S/C11H14N2OS/c15-11(13-5-7-14-8-6-13)9-10-1-3-12-4-2-10/h1-4H,5-9H2. The lowest BCUT2D eigenvalue weighted by Gasteiger charge is -2.29. The number of hydrogen-bond acceptors (Lipinski definition) is 3. The van der Waals surface area contributed by atoms with E-state index >= 15 is 0 Å². The van der Waals surface area contributed by atoms with Crippen molar-refractivity contribution in [2.24, 2.45) is 0 Å². The highest BCUT2D eigenvalue weighted by molar-refractivity contribution is 7.80.